The van der Waals surface area contributed by atoms with Crippen LogP contribution in [0.1, 0.15) is 44.8 Å². The molecule has 0 radical (unpaired) electrons. The molecule has 2 aromatic carbocycles. The van der Waals surface area contributed by atoms with E-state index in [0.717, 1.165) is 17.5 Å². The molecule has 0 spiro atoms. The van der Waals surface area contributed by atoms with Gasteiger partial charge in [-0.3, -0.25) is 29.4 Å². The molecule has 0 aliphatic carbocycles. The van der Waals surface area contributed by atoms with Crippen molar-refractivity contribution in [2.24, 2.45) is 5.14 Å². The Hall–Kier alpha value is -5.20. The van der Waals surface area contributed by atoms with Crippen molar-refractivity contribution in [3.05, 3.63) is 76.6 Å². The first kappa shape index (κ1) is 31.8. The first-order valence-electron chi connectivity index (χ1n) is 13.9. The van der Waals surface area contributed by atoms with Crippen LogP contribution >= 0.6 is 11.3 Å². The SMILES string of the molecule is Cc1nc(N(C)Cc2ccc3c(c2F)C(=O)N(C2CCC(=O)NC2=O)C3=O)sc1-c1nc(Nc2cccc(S(N)(=O)=O)c2)ncc1F. The Bertz CT molecular complexity index is 2120. The lowest BCUT2D eigenvalue weighted by molar-refractivity contribution is -0.136. The summed E-state index contributed by atoms with van der Waals surface area (Å²) < 4.78 is 54.2. The Labute approximate surface area is 269 Å². The highest BCUT2D eigenvalue weighted by atomic mass is 32.2. The van der Waals surface area contributed by atoms with Crippen molar-refractivity contribution in [2.45, 2.75) is 37.2 Å². The fourth-order valence-corrected chi connectivity index (χ4v) is 6.82. The van der Waals surface area contributed by atoms with E-state index in [9.17, 15) is 32.0 Å². The lowest BCUT2D eigenvalue weighted by atomic mass is 10.0. The number of sulfonamides is 1. The number of benzene rings is 2. The number of piperidine rings is 1. The number of halogens is 2. The summed E-state index contributed by atoms with van der Waals surface area (Å²) in [5.74, 6) is -4.81. The van der Waals surface area contributed by atoms with Gasteiger partial charge in [-0.25, -0.2) is 37.3 Å². The van der Waals surface area contributed by atoms with Gasteiger partial charge < -0.3 is 10.2 Å². The monoisotopic (exact) mass is 682 g/mol. The summed E-state index contributed by atoms with van der Waals surface area (Å²) in [6.07, 6.45) is 0.825. The van der Waals surface area contributed by atoms with Crippen molar-refractivity contribution in [3.63, 3.8) is 0 Å². The summed E-state index contributed by atoms with van der Waals surface area (Å²) in [5, 5.41) is 10.5. The molecule has 2 aromatic heterocycles. The molecule has 0 bridgehead atoms. The molecule has 4 aromatic rings. The Morgan fingerprint density at radius 1 is 1.13 bits per heavy atom. The smallest absolute Gasteiger partial charge is 0.265 e. The van der Waals surface area contributed by atoms with Gasteiger partial charge in [0.1, 0.15) is 17.6 Å². The third-order valence-corrected chi connectivity index (χ3v) is 9.71. The molecular weight excluding hydrogens is 658 g/mol. The van der Waals surface area contributed by atoms with Crippen LogP contribution in [0.15, 0.2) is 47.5 Å². The number of aromatic nitrogens is 3. The molecule has 4 N–H and O–H groups in total. The molecule has 2 aliphatic rings. The quantitative estimate of drug-likeness (QED) is 0.231. The number of nitrogens with one attached hydrogen (secondary N) is 2. The number of nitrogens with zero attached hydrogens (tertiary/aromatic N) is 5. The van der Waals surface area contributed by atoms with Crippen LogP contribution in [0.2, 0.25) is 0 Å². The second-order valence-corrected chi connectivity index (χ2v) is 13.3. The highest BCUT2D eigenvalue weighted by Crippen LogP contribution is 2.37. The highest BCUT2D eigenvalue weighted by Gasteiger charge is 2.46. The van der Waals surface area contributed by atoms with Gasteiger partial charge >= 0.3 is 0 Å². The largest absolute Gasteiger partial charge is 0.347 e. The van der Waals surface area contributed by atoms with E-state index in [0.29, 0.717) is 26.3 Å². The van der Waals surface area contributed by atoms with Crippen LogP contribution < -0.4 is 20.7 Å². The van der Waals surface area contributed by atoms with E-state index in [1.165, 1.54) is 30.3 Å². The van der Waals surface area contributed by atoms with Gasteiger partial charge in [-0.1, -0.05) is 23.5 Å². The van der Waals surface area contributed by atoms with Gasteiger partial charge in [0.25, 0.3) is 11.8 Å². The number of fused-ring (bicyclic) bond motifs is 1. The molecule has 18 heteroatoms. The van der Waals surface area contributed by atoms with Gasteiger partial charge in [0, 0.05) is 31.3 Å². The molecule has 6 rings (SSSR count). The lowest BCUT2D eigenvalue weighted by Crippen LogP contribution is -2.54. The van der Waals surface area contributed by atoms with Crippen molar-refractivity contribution >= 4 is 61.8 Å². The molecule has 242 valence electrons. The maximum absolute atomic E-state index is 15.8. The van der Waals surface area contributed by atoms with Gasteiger partial charge in [0.05, 0.1) is 32.8 Å². The molecule has 4 heterocycles. The van der Waals surface area contributed by atoms with E-state index in [2.05, 4.69) is 25.6 Å². The second kappa shape index (κ2) is 11.9. The molecule has 47 heavy (non-hydrogen) atoms. The van der Waals surface area contributed by atoms with E-state index in [-0.39, 0.29) is 47.1 Å². The Morgan fingerprint density at radius 3 is 2.62 bits per heavy atom. The third kappa shape index (κ3) is 5.93. The summed E-state index contributed by atoms with van der Waals surface area (Å²) in [5.41, 5.74) is 0.0452. The summed E-state index contributed by atoms with van der Waals surface area (Å²) in [6.45, 7) is 1.54. The minimum Gasteiger partial charge on any atom is -0.347 e. The fourth-order valence-electron chi connectivity index (χ4n) is 5.24. The average molecular weight is 683 g/mol. The van der Waals surface area contributed by atoms with Gasteiger partial charge in [0.2, 0.25) is 27.8 Å². The topological polar surface area (TPSA) is 198 Å². The van der Waals surface area contributed by atoms with Crippen molar-refractivity contribution in [2.75, 3.05) is 17.3 Å². The number of anilines is 3. The second-order valence-electron chi connectivity index (χ2n) is 10.8. The third-order valence-electron chi connectivity index (χ3n) is 7.52. The molecule has 1 unspecified atom stereocenters. The van der Waals surface area contributed by atoms with Crippen LogP contribution in [0.4, 0.5) is 25.5 Å². The predicted molar refractivity (Wildman–Crippen MR) is 164 cm³/mol. The predicted octanol–water partition coefficient (Wildman–Crippen LogP) is 2.62. The van der Waals surface area contributed by atoms with Gasteiger partial charge in [0.15, 0.2) is 10.9 Å². The van der Waals surface area contributed by atoms with Crippen LogP contribution in [-0.2, 0) is 26.2 Å². The van der Waals surface area contributed by atoms with Crippen molar-refractivity contribution in [1.29, 1.82) is 0 Å². The molecule has 1 fully saturated rings. The van der Waals surface area contributed by atoms with Crippen molar-refractivity contribution < 1.29 is 36.4 Å². The number of hydrogen-bond acceptors (Lipinski definition) is 12. The van der Waals surface area contributed by atoms with Gasteiger partial charge in [-0.2, -0.15) is 0 Å². The average Bonchev–Trinajstić information content (AvgIpc) is 3.52. The summed E-state index contributed by atoms with van der Waals surface area (Å²) >= 11 is 1.06. The maximum atomic E-state index is 15.8. The number of aryl methyl sites for hydroxylation is 1. The van der Waals surface area contributed by atoms with Crippen molar-refractivity contribution in [1.82, 2.24) is 25.2 Å². The zero-order valence-corrected chi connectivity index (χ0v) is 26.2. The number of imide groups is 2. The first-order valence-corrected chi connectivity index (χ1v) is 16.2. The number of carbonyl (C=O) groups excluding carboxylic acids is 4. The van der Waals surface area contributed by atoms with Crippen LogP contribution in [0.3, 0.4) is 0 Å². The normalized spacial score (nSPS) is 16.4. The number of amides is 4. The molecule has 0 saturated carbocycles. The molecule has 2 aliphatic heterocycles. The maximum Gasteiger partial charge on any atom is 0.265 e. The van der Waals surface area contributed by atoms with Crippen LogP contribution in [0, 0.1) is 18.6 Å². The van der Waals surface area contributed by atoms with E-state index in [4.69, 9.17) is 5.14 Å². The summed E-state index contributed by atoms with van der Waals surface area (Å²) in [7, 11) is -2.35. The zero-order chi connectivity index (χ0) is 33.8. The number of primary sulfonamides is 1. The molecule has 1 saturated heterocycles. The van der Waals surface area contributed by atoms with Crippen molar-refractivity contribution in [3.8, 4) is 10.6 Å². The number of nitrogens with two attached hydrogens (primary N) is 1. The minimum atomic E-state index is -3.97. The highest BCUT2D eigenvalue weighted by molar-refractivity contribution is 7.89. The Balaban J connectivity index is 1.23. The van der Waals surface area contributed by atoms with Gasteiger partial charge in [-0.05, 0) is 37.6 Å². The number of thiazole rings is 1. The Morgan fingerprint density at radius 2 is 1.89 bits per heavy atom. The fraction of sp³-hybridized carbons (Fsp3) is 0.207. The molecular formula is C29H24F2N8O6S2. The molecule has 4 amide bonds. The minimum absolute atomic E-state index is 0.0264. The van der Waals surface area contributed by atoms with E-state index in [1.54, 1.807) is 24.9 Å². The van der Waals surface area contributed by atoms with Crippen LogP contribution in [0.5, 0.6) is 0 Å². The Kier molecular flexibility index (Phi) is 8.02. The lowest BCUT2D eigenvalue weighted by Gasteiger charge is -2.27. The van der Waals surface area contributed by atoms with Crippen LogP contribution in [0.25, 0.3) is 10.6 Å². The van der Waals surface area contributed by atoms with E-state index < -0.39 is 56.9 Å². The van der Waals surface area contributed by atoms with Gasteiger partial charge in [-0.15, -0.1) is 0 Å². The summed E-state index contributed by atoms with van der Waals surface area (Å²) in [4.78, 5) is 65.2. The first-order chi connectivity index (χ1) is 22.2. The molecule has 14 nitrogen and oxygen atoms in total. The zero-order valence-electron chi connectivity index (χ0n) is 24.6. The standard InChI is InChI=1S/C29H24F2N8O6S2/c1-13-24(23-18(30)11-33-28(37-23)35-15-4-3-5-16(10-15)47(32,44)45)46-29(34-13)38(2)12-14-6-7-17-21(22(14)31)27(43)39(26(17)42)19-8-9-20(40)36-25(19)41/h3-7,10-11,19H,8-9,12H2,1-2H3,(H2,32,44,45)(H,33,35,37)(H,36,40,41). The van der Waals surface area contributed by atoms with E-state index >= 15 is 4.39 Å². The van der Waals surface area contributed by atoms with E-state index in [1.807, 2.05) is 0 Å². The number of carbonyl (C=O) groups is 4. The number of hydrogen-bond donors (Lipinski definition) is 3. The summed E-state index contributed by atoms with van der Waals surface area (Å²) in [6, 6.07) is 7.06. The van der Waals surface area contributed by atoms with Crippen LogP contribution in [-0.4, -0.2) is 65.0 Å². The molecule has 1 atom stereocenters. The number of rotatable bonds is 8.